The molecule has 0 heterocycles. The number of amides is 3. The summed E-state index contributed by atoms with van der Waals surface area (Å²) in [6.45, 7) is 3.72. The van der Waals surface area contributed by atoms with Crippen molar-refractivity contribution in [3.05, 3.63) is 29.8 Å². The van der Waals surface area contributed by atoms with Crippen LogP contribution >= 0.6 is 11.8 Å². The molecule has 0 aromatic heterocycles. The Bertz CT molecular complexity index is 389. The van der Waals surface area contributed by atoms with Gasteiger partial charge in [-0.15, -0.1) is 11.8 Å². The van der Waals surface area contributed by atoms with Crippen LogP contribution in [0.4, 0.5) is 4.79 Å². The van der Waals surface area contributed by atoms with Gasteiger partial charge >= 0.3 is 6.03 Å². The summed E-state index contributed by atoms with van der Waals surface area (Å²) in [6.07, 6.45) is 0. The molecule has 3 amide bonds. The molecule has 1 unspecified atom stereocenters. The average Bonchev–Trinajstić information content (AvgIpc) is 2.20. The van der Waals surface area contributed by atoms with Crippen molar-refractivity contribution in [1.29, 1.82) is 0 Å². The number of imide groups is 1. The standard InChI is InChI=1S/C11H14N2O2S/c1-7-3-5-9(6-4-7)16-8(2)10(14)13-11(12)15/h3-6,8H,1-2H3,(H3,12,13,14,15). The molecule has 1 aromatic carbocycles. The zero-order valence-electron chi connectivity index (χ0n) is 9.19. The first-order valence-corrected chi connectivity index (χ1v) is 5.70. The molecule has 16 heavy (non-hydrogen) atoms. The second-order valence-electron chi connectivity index (χ2n) is 3.43. The van der Waals surface area contributed by atoms with Gasteiger partial charge in [0.2, 0.25) is 5.91 Å². The molecule has 0 fully saturated rings. The summed E-state index contributed by atoms with van der Waals surface area (Å²) in [6, 6.07) is 7.01. The van der Waals surface area contributed by atoms with E-state index >= 15 is 0 Å². The molecule has 86 valence electrons. The van der Waals surface area contributed by atoms with Crippen LogP contribution in [-0.4, -0.2) is 17.2 Å². The van der Waals surface area contributed by atoms with Crippen LogP contribution in [0.25, 0.3) is 0 Å². The van der Waals surface area contributed by atoms with E-state index in [1.54, 1.807) is 6.92 Å². The Kier molecular flexibility index (Phi) is 4.37. The Hall–Kier alpha value is -1.49. The smallest absolute Gasteiger partial charge is 0.318 e. The Morgan fingerprint density at radius 1 is 1.31 bits per heavy atom. The van der Waals surface area contributed by atoms with Gasteiger partial charge < -0.3 is 5.73 Å². The highest BCUT2D eigenvalue weighted by Gasteiger charge is 2.15. The fourth-order valence-electron chi connectivity index (χ4n) is 1.10. The van der Waals surface area contributed by atoms with Gasteiger partial charge in [0.05, 0.1) is 5.25 Å². The lowest BCUT2D eigenvalue weighted by atomic mass is 10.2. The summed E-state index contributed by atoms with van der Waals surface area (Å²) in [7, 11) is 0. The van der Waals surface area contributed by atoms with Gasteiger partial charge in [-0.1, -0.05) is 17.7 Å². The highest BCUT2D eigenvalue weighted by atomic mass is 32.2. The van der Waals surface area contributed by atoms with Crippen LogP contribution in [0, 0.1) is 6.92 Å². The van der Waals surface area contributed by atoms with Crippen molar-refractivity contribution in [1.82, 2.24) is 5.32 Å². The Labute approximate surface area is 98.6 Å². The number of thioether (sulfide) groups is 1. The van der Waals surface area contributed by atoms with Gasteiger partial charge in [-0.2, -0.15) is 0 Å². The molecule has 1 aromatic rings. The Balaban J connectivity index is 2.57. The molecule has 0 aliphatic carbocycles. The van der Waals surface area contributed by atoms with Crippen molar-refractivity contribution in [2.45, 2.75) is 24.0 Å². The van der Waals surface area contributed by atoms with Gasteiger partial charge in [0, 0.05) is 4.90 Å². The minimum absolute atomic E-state index is 0.352. The molecule has 0 aliphatic rings. The van der Waals surface area contributed by atoms with Crippen LogP contribution in [0.5, 0.6) is 0 Å². The fourth-order valence-corrected chi connectivity index (χ4v) is 1.96. The first kappa shape index (κ1) is 12.6. The van der Waals surface area contributed by atoms with E-state index in [2.05, 4.69) is 5.32 Å². The van der Waals surface area contributed by atoms with E-state index < -0.39 is 6.03 Å². The number of carbonyl (C=O) groups excluding carboxylic acids is 2. The van der Waals surface area contributed by atoms with Crippen LogP contribution in [0.2, 0.25) is 0 Å². The third kappa shape index (κ3) is 3.94. The SMILES string of the molecule is Cc1ccc(SC(C)C(=O)NC(N)=O)cc1. The maximum Gasteiger partial charge on any atom is 0.318 e. The Morgan fingerprint density at radius 2 is 1.88 bits per heavy atom. The molecule has 1 atom stereocenters. The molecule has 0 saturated carbocycles. The summed E-state index contributed by atoms with van der Waals surface area (Å²) in [5, 5.41) is 1.70. The highest BCUT2D eigenvalue weighted by Crippen LogP contribution is 2.23. The summed E-state index contributed by atoms with van der Waals surface area (Å²) < 4.78 is 0. The number of primary amides is 1. The number of rotatable bonds is 3. The van der Waals surface area contributed by atoms with E-state index in [9.17, 15) is 9.59 Å². The van der Waals surface area contributed by atoms with Crippen LogP contribution in [0.3, 0.4) is 0 Å². The van der Waals surface area contributed by atoms with Crippen molar-refractivity contribution in [3.63, 3.8) is 0 Å². The highest BCUT2D eigenvalue weighted by molar-refractivity contribution is 8.00. The van der Waals surface area contributed by atoms with Gasteiger partial charge in [-0.05, 0) is 26.0 Å². The van der Waals surface area contributed by atoms with Crippen molar-refractivity contribution in [2.75, 3.05) is 0 Å². The second-order valence-corrected chi connectivity index (χ2v) is 4.84. The Morgan fingerprint density at radius 3 is 2.38 bits per heavy atom. The lowest BCUT2D eigenvalue weighted by molar-refractivity contribution is -0.119. The zero-order chi connectivity index (χ0) is 12.1. The van der Waals surface area contributed by atoms with Gasteiger partial charge in [0.15, 0.2) is 0 Å². The maximum absolute atomic E-state index is 11.4. The number of hydrogen-bond donors (Lipinski definition) is 2. The summed E-state index contributed by atoms with van der Waals surface area (Å²) >= 11 is 1.38. The van der Waals surface area contributed by atoms with E-state index in [4.69, 9.17) is 5.73 Å². The first-order valence-electron chi connectivity index (χ1n) is 4.82. The number of nitrogens with one attached hydrogen (secondary N) is 1. The molecule has 5 heteroatoms. The number of aryl methyl sites for hydroxylation is 1. The van der Waals surface area contributed by atoms with Crippen molar-refractivity contribution in [2.24, 2.45) is 5.73 Å². The lowest BCUT2D eigenvalue weighted by Crippen LogP contribution is -2.39. The summed E-state index contributed by atoms with van der Waals surface area (Å²) in [4.78, 5) is 22.9. The predicted octanol–water partition coefficient (Wildman–Crippen LogP) is 1.67. The van der Waals surface area contributed by atoms with Crippen LogP contribution in [0.15, 0.2) is 29.2 Å². The number of carbonyl (C=O) groups is 2. The van der Waals surface area contributed by atoms with E-state index in [0.717, 1.165) is 4.90 Å². The molecule has 0 bridgehead atoms. The fraction of sp³-hybridized carbons (Fsp3) is 0.273. The topological polar surface area (TPSA) is 72.2 Å². The lowest BCUT2D eigenvalue weighted by Gasteiger charge is -2.09. The maximum atomic E-state index is 11.4. The van der Waals surface area contributed by atoms with Gasteiger partial charge in [-0.25, -0.2) is 4.79 Å². The van der Waals surface area contributed by atoms with E-state index in [1.807, 2.05) is 31.2 Å². The van der Waals surface area contributed by atoms with Gasteiger partial charge in [-0.3, -0.25) is 10.1 Å². The van der Waals surface area contributed by atoms with E-state index in [1.165, 1.54) is 17.3 Å². The number of urea groups is 1. The van der Waals surface area contributed by atoms with Crippen molar-refractivity contribution in [3.8, 4) is 0 Å². The quantitative estimate of drug-likeness (QED) is 0.787. The zero-order valence-corrected chi connectivity index (χ0v) is 10.0. The van der Waals surface area contributed by atoms with Gasteiger partial charge in [0.25, 0.3) is 0 Å². The number of hydrogen-bond acceptors (Lipinski definition) is 3. The van der Waals surface area contributed by atoms with Crippen LogP contribution < -0.4 is 11.1 Å². The molecule has 0 spiro atoms. The van der Waals surface area contributed by atoms with Crippen LogP contribution in [-0.2, 0) is 4.79 Å². The molecule has 4 nitrogen and oxygen atoms in total. The minimum atomic E-state index is -0.818. The average molecular weight is 238 g/mol. The van der Waals surface area contributed by atoms with Crippen molar-refractivity contribution < 1.29 is 9.59 Å². The molecule has 1 rings (SSSR count). The first-order chi connectivity index (χ1) is 7.49. The number of nitrogens with two attached hydrogens (primary N) is 1. The van der Waals surface area contributed by atoms with Crippen molar-refractivity contribution >= 4 is 23.7 Å². The van der Waals surface area contributed by atoms with E-state index in [-0.39, 0.29) is 11.2 Å². The minimum Gasteiger partial charge on any atom is -0.351 e. The third-order valence-electron chi connectivity index (χ3n) is 1.95. The summed E-state index contributed by atoms with van der Waals surface area (Å²) in [5.74, 6) is -0.377. The molecule has 3 N–H and O–H groups in total. The molecule has 0 saturated heterocycles. The molecule has 0 radical (unpaired) electrons. The largest absolute Gasteiger partial charge is 0.351 e. The van der Waals surface area contributed by atoms with Gasteiger partial charge in [0.1, 0.15) is 0 Å². The van der Waals surface area contributed by atoms with Crippen LogP contribution in [0.1, 0.15) is 12.5 Å². The third-order valence-corrected chi connectivity index (χ3v) is 3.06. The van der Waals surface area contributed by atoms with E-state index in [0.29, 0.717) is 0 Å². The molecular formula is C11H14N2O2S. The molecular weight excluding hydrogens is 224 g/mol. The predicted molar refractivity (Wildman–Crippen MR) is 64.2 cm³/mol. The normalized spacial score (nSPS) is 11.9. The monoisotopic (exact) mass is 238 g/mol. The summed E-state index contributed by atoms with van der Waals surface area (Å²) in [5.41, 5.74) is 6.03. The number of benzene rings is 1. The second kappa shape index (κ2) is 5.55. The molecule has 0 aliphatic heterocycles.